The number of non-ortho nitro benzene ring substituents is 1. The Morgan fingerprint density at radius 1 is 1.13 bits per heavy atom. The van der Waals surface area contributed by atoms with Gasteiger partial charge in [0.15, 0.2) is 5.82 Å². The van der Waals surface area contributed by atoms with Crippen LogP contribution in [0.25, 0.3) is 0 Å². The summed E-state index contributed by atoms with van der Waals surface area (Å²) in [6, 6.07) is 14.6. The monoisotopic (exact) mass is 554 g/mol. The summed E-state index contributed by atoms with van der Waals surface area (Å²) < 4.78 is 20.5. The number of carbonyl (C=O) groups is 1. The normalized spacial score (nSPS) is 20.3. The Morgan fingerprint density at radius 3 is 2.41 bits per heavy atom. The first-order valence-electron chi connectivity index (χ1n) is 13.0. The average molecular weight is 555 g/mol. The molecule has 0 radical (unpaired) electrons. The highest BCUT2D eigenvalue weighted by atomic mass is 32.2. The fraction of sp³-hybridized carbons (Fsp3) is 0.429. The van der Waals surface area contributed by atoms with Crippen molar-refractivity contribution < 1.29 is 23.8 Å². The number of anilines is 2. The third-order valence-corrected chi connectivity index (χ3v) is 8.40. The zero-order valence-electron chi connectivity index (χ0n) is 22.3. The number of rotatable bonds is 6. The first kappa shape index (κ1) is 28.3. The number of carboxylic acid groups (broad SMARTS) is 1. The van der Waals surface area contributed by atoms with Crippen LogP contribution in [0.15, 0.2) is 53.4 Å². The molecule has 2 N–H and O–H groups in total. The molecule has 1 unspecified atom stereocenters. The van der Waals surface area contributed by atoms with Crippen molar-refractivity contribution in [1.29, 1.82) is 0 Å². The van der Waals surface area contributed by atoms with E-state index in [2.05, 4.69) is 42.9 Å². The largest absolute Gasteiger partial charge is 0.490 e. The maximum absolute atomic E-state index is 12.3. The summed E-state index contributed by atoms with van der Waals surface area (Å²) in [5.41, 5.74) is 3.20. The minimum Gasteiger partial charge on any atom is -0.490 e. The number of hydrogen-bond donors (Lipinski definition) is 2. The number of benzene rings is 2. The molecule has 10 nitrogen and oxygen atoms in total. The smallest absolute Gasteiger partial charge is 0.290 e. The summed E-state index contributed by atoms with van der Waals surface area (Å²) >= 11 is 0. The number of aromatic nitrogens is 2. The van der Waals surface area contributed by atoms with Crippen molar-refractivity contribution in [3.63, 3.8) is 0 Å². The number of nitro benzene ring substituents is 1. The molecule has 1 aliphatic carbocycles. The van der Waals surface area contributed by atoms with Crippen LogP contribution in [0.4, 0.5) is 17.2 Å². The molecule has 2 aliphatic rings. The zero-order chi connectivity index (χ0) is 28.2. The number of nitrogens with one attached hydrogen (secondary N) is 1. The standard InChI is InChI=1S/C27H32N4O4S.CH2O2/c1-27(2,3)30-24(17-26(29-30)28-20-7-4-19-14-15-36(34)25(19)16-20)18-5-10-22(11-6-18)35-23-12-8-21(9-13-23)31(32)33;2-1-3/h4,7-9,12-13,16-18,22H,5-6,10-11,14-15H2,1-3H3,(H,28,29);1H,(H,2,3). The Bertz CT molecular complexity index is 1340. The quantitative estimate of drug-likeness (QED) is 0.223. The molecule has 0 bridgehead atoms. The Balaban J connectivity index is 0.00000112. The minimum atomic E-state index is -0.912. The molecular weight excluding hydrogens is 520 g/mol. The van der Waals surface area contributed by atoms with Gasteiger partial charge in [-0.25, -0.2) is 0 Å². The topological polar surface area (TPSA) is 137 Å². The molecule has 0 spiro atoms. The van der Waals surface area contributed by atoms with Crippen molar-refractivity contribution in [3.8, 4) is 5.75 Å². The molecule has 2 heterocycles. The van der Waals surface area contributed by atoms with Crippen molar-refractivity contribution >= 4 is 34.5 Å². The van der Waals surface area contributed by atoms with Crippen molar-refractivity contribution in [1.82, 2.24) is 9.78 Å². The van der Waals surface area contributed by atoms with Gasteiger partial charge in [0.1, 0.15) is 5.75 Å². The number of hydrogen-bond acceptors (Lipinski definition) is 7. The van der Waals surface area contributed by atoms with E-state index in [1.54, 1.807) is 12.1 Å². The Hall–Kier alpha value is -3.73. The molecule has 1 aliphatic heterocycles. The van der Waals surface area contributed by atoms with Crippen LogP contribution in [0.3, 0.4) is 0 Å². The van der Waals surface area contributed by atoms with E-state index < -0.39 is 15.7 Å². The maximum atomic E-state index is 12.3. The number of aryl methyl sites for hydroxylation is 1. The Morgan fingerprint density at radius 2 is 1.79 bits per heavy atom. The van der Waals surface area contributed by atoms with Gasteiger partial charge in [-0.3, -0.25) is 23.8 Å². The second kappa shape index (κ2) is 12.0. The molecule has 1 saturated carbocycles. The third-order valence-electron chi connectivity index (χ3n) is 6.96. The highest BCUT2D eigenvalue weighted by Gasteiger charge is 2.30. The van der Waals surface area contributed by atoms with Gasteiger partial charge in [-0.1, -0.05) is 6.07 Å². The lowest BCUT2D eigenvalue weighted by molar-refractivity contribution is -0.384. The van der Waals surface area contributed by atoms with E-state index in [1.165, 1.54) is 23.4 Å². The molecule has 1 fully saturated rings. The summed E-state index contributed by atoms with van der Waals surface area (Å²) in [6.07, 6.45) is 4.76. The lowest BCUT2D eigenvalue weighted by Gasteiger charge is -2.31. The van der Waals surface area contributed by atoms with E-state index in [1.807, 2.05) is 12.1 Å². The maximum Gasteiger partial charge on any atom is 0.290 e. The molecule has 11 heteroatoms. The van der Waals surface area contributed by atoms with Crippen LogP contribution in [-0.4, -0.2) is 42.3 Å². The van der Waals surface area contributed by atoms with Crippen LogP contribution < -0.4 is 10.1 Å². The Labute approximate surface area is 230 Å². The molecule has 0 saturated heterocycles. The number of nitro groups is 1. The highest BCUT2D eigenvalue weighted by Crippen LogP contribution is 2.38. The molecule has 39 heavy (non-hydrogen) atoms. The van der Waals surface area contributed by atoms with Gasteiger partial charge in [-0.15, -0.1) is 0 Å². The predicted octanol–water partition coefficient (Wildman–Crippen LogP) is 5.76. The zero-order valence-corrected chi connectivity index (χ0v) is 23.1. The fourth-order valence-corrected chi connectivity index (χ4v) is 6.46. The van der Waals surface area contributed by atoms with Crippen LogP contribution >= 0.6 is 0 Å². The van der Waals surface area contributed by atoms with Gasteiger partial charge >= 0.3 is 0 Å². The van der Waals surface area contributed by atoms with Crippen LogP contribution in [0.2, 0.25) is 0 Å². The van der Waals surface area contributed by atoms with Crippen LogP contribution in [0, 0.1) is 10.1 Å². The third kappa shape index (κ3) is 6.83. The average Bonchev–Trinajstić information content (AvgIpc) is 3.49. The van der Waals surface area contributed by atoms with E-state index in [-0.39, 0.29) is 23.8 Å². The van der Waals surface area contributed by atoms with Gasteiger partial charge in [-0.05, 0) is 82.7 Å². The minimum absolute atomic E-state index is 0.0686. The van der Waals surface area contributed by atoms with Crippen molar-refractivity contribution in [3.05, 3.63) is 69.9 Å². The van der Waals surface area contributed by atoms with Crippen LogP contribution in [0.5, 0.6) is 5.75 Å². The van der Waals surface area contributed by atoms with Gasteiger partial charge in [0.25, 0.3) is 12.2 Å². The SMILES string of the molecule is CC(C)(C)n1nc(Nc2ccc3c(c2)S(=O)CC3)cc1C1CCC(Oc2ccc([N+](=O)[O-])cc2)CC1.O=CO. The first-order chi connectivity index (χ1) is 18.6. The van der Waals surface area contributed by atoms with Gasteiger partial charge < -0.3 is 15.2 Å². The summed E-state index contributed by atoms with van der Waals surface area (Å²) in [5, 5.41) is 26.1. The molecule has 3 aromatic rings. The van der Waals surface area contributed by atoms with Gasteiger partial charge in [0, 0.05) is 46.1 Å². The van der Waals surface area contributed by atoms with Crippen molar-refractivity contribution in [2.75, 3.05) is 11.1 Å². The van der Waals surface area contributed by atoms with Crippen molar-refractivity contribution in [2.24, 2.45) is 0 Å². The van der Waals surface area contributed by atoms with E-state index >= 15 is 0 Å². The number of ether oxygens (including phenoxy) is 1. The van der Waals surface area contributed by atoms with Gasteiger partial charge in [0.05, 0.1) is 27.4 Å². The predicted molar refractivity (Wildman–Crippen MR) is 149 cm³/mol. The molecule has 5 rings (SSSR count). The van der Waals surface area contributed by atoms with Crippen molar-refractivity contribution in [2.45, 2.75) is 75.3 Å². The fourth-order valence-electron chi connectivity index (χ4n) is 5.11. The lowest BCUT2D eigenvalue weighted by atomic mass is 9.84. The summed E-state index contributed by atoms with van der Waals surface area (Å²) in [5.74, 6) is 2.55. The molecular formula is C28H34N4O6S. The summed E-state index contributed by atoms with van der Waals surface area (Å²) in [7, 11) is -0.912. The van der Waals surface area contributed by atoms with Gasteiger partial charge in [-0.2, -0.15) is 5.10 Å². The summed E-state index contributed by atoms with van der Waals surface area (Å²) in [6.45, 7) is 6.24. The van der Waals surface area contributed by atoms with E-state index in [0.29, 0.717) is 17.4 Å². The Kier molecular flexibility index (Phi) is 8.69. The van der Waals surface area contributed by atoms with E-state index in [9.17, 15) is 14.3 Å². The van der Waals surface area contributed by atoms with Crippen LogP contribution in [0.1, 0.15) is 63.6 Å². The summed E-state index contributed by atoms with van der Waals surface area (Å²) in [4.78, 5) is 19.8. The highest BCUT2D eigenvalue weighted by molar-refractivity contribution is 7.85. The lowest BCUT2D eigenvalue weighted by Crippen LogP contribution is -2.29. The van der Waals surface area contributed by atoms with E-state index in [4.69, 9.17) is 19.7 Å². The number of nitrogens with zero attached hydrogens (tertiary/aromatic N) is 3. The second-order valence-corrected chi connectivity index (χ2v) is 12.3. The molecule has 1 aromatic heterocycles. The molecule has 1 atom stereocenters. The van der Waals surface area contributed by atoms with E-state index in [0.717, 1.165) is 48.5 Å². The number of fused-ring (bicyclic) bond motifs is 1. The van der Waals surface area contributed by atoms with Crippen LogP contribution in [-0.2, 0) is 27.6 Å². The molecule has 2 aromatic carbocycles. The molecule has 208 valence electrons. The first-order valence-corrected chi connectivity index (χ1v) is 14.3. The second-order valence-electron chi connectivity index (χ2n) is 10.7. The van der Waals surface area contributed by atoms with Gasteiger partial charge in [0.2, 0.25) is 0 Å². The molecule has 0 amide bonds.